The van der Waals surface area contributed by atoms with Crippen LogP contribution in [0.4, 0.5) is 0 Å². The maximum Gasteiger partial charge on any atom is 0.341 e. The molecule has 0 saturated heterocycles. The summed E-state index contributed by atoms with van der Waals surface area (Å²) >= 11 is 0. The second-order valence-corrected chi connectivity index (χ2v) is 14.3. The first-order valence-corrected chi connectivity index (χ1v) is 16.9. The summed E-state index contributed by atoms with van der Waals surface area (Å²) in [5.41, 5.74) is 7.60. The molecule has 2 aliphatic rings. The van der Waals surface area contributed by atoms with Gasteiger partial charge in [0.25, 0.3) is 0 Å². The number of ether oxygens (including phenoxy) is 2. The van der Waals surface area contributed by atoms with Crippen molar-refractivity contribution < 1.29 is 14.3 Å². The molecule has 5 aromatic rings. The SMILES string of the molecule is CC(C)CCOC(=O)c1cnn(-c2cccc(-c3cccc(CN4Cc5ccccc5OC(C)(C)C4)c3)c2)c1[C@@H]1C[C@H]1c1cn(C)nn1. The smallest absolute Gasteiger partial charge is 0.341 e. The van der Waals surface area contributed by atoms with Gasteiger partial charge in [0, 0.05) is 50.3 Å². The molecule has 248 valence electrons. The van der Waals surface area contributed by atoms with Crippen molar-refractivity contribution in [3.8, 4) is 22.6 Å². The molecule has 0 amide bonds. The largest absolute Gasteiger partial charge is 0.486 e. The van der Waals surface area contributed by atoms with Gasteiger partial charge < -0.3 is 9.47 Å². The minimum absolute atomic E-state index is 0.0934. The van der Waals surface area contributed by atoms with Crippen molar-refractivity contribution in [1.29, 1.82) is 0 Å². The molecule has 2 aromatic heterocycles. The van der Waals surface area contributed by atoms with Crippen LogP contribution in [0.2, 0.25) is 0 Å². The van der Waals surface area contributed by atoms with Gasteiger partial charge in [-0.15, -0.1) is 5.10 Å². The fourth-order valence-corrected chi connectivity index (χ4v) is 6.84. The molecule has 1 saturated carbocycles. The van der Waals surface area contributed by atoms with Crippen LogP contribution in [-0.2, 0) is 24.9 Å². The zero-order valence-corrected chi connectivity index (χ0v) is 28.5. The van der Waals surface area contributed by atoms with E-state index in [0.717, 1.165) is 66.4 Å². The van der Waals surface area contributed by atoms with Crippen molar-refractivity contribution >= 4 is 5.97 Å². The number of esters is 1. The lowest BCUT2D eigenvalue weighted by Gasteiger charge is -2.29. The molecule has 3 aromatic carbocycles. The van der Waals surface area contributed by atoms with E-state index in [1.54, 1.807) is 10.9 Å². The molecule has 2 atom stereocenters. The van der Waals surface area contributed by atoms with Gasteiger partial charge in [-0.1, -0.05) is 67.6 Å². The van der Waals surface area contributed by atoms with Crippen LogP contribution >= 0.6 is 0 Å². The molecule has 9 heteroatoms. The zero-order chi connectivity index (χ0) is 33.4. The van der Waals surface area contributed by atoms with Gasteiger partial charge in [-0.05, 0) is 73.6 Å². The number of para-hydroxylation sites is 1. The Morgan fingerprint density at radius 3 is 2.60 bits per heavy atom. The molecule has 7 rings (SSSR count). The van der Waals surface area contributed by atoms with E-state index in [4.69, 9.17) is 14.6 Å². The molecule has 0 N–H and O–H groups in total. The van der Waals surface area contributed by atoms with E-state index in [-0.39, 0.29) is 23.4 Å². The molecule has 0 radical (unpaired) electrons. The lowest BCUT2D eigenvalue weighted by molar-refractivity contribution is 0.0486. The normalized spacial score (nSPS) is 18.6. The van der Waals surface area contributed by atoms with Crippen molar-refractivity contribution in [1.82, 2.24) is 29.7 Å². The lowest BCUT2D eigenvalue weighted by Crippen LogP contribution is -2.40. The number of rotatable bonds is 10. The predicted octanol–water partition coefficient (Wildman–Crippen LogP) is 7.32. The number of nitrogens with zero attached hydrogens (tertiary/aromatic N) is 6. The number of aromatic nitrogens is 5. The average molecular weight is 645 g/mol. The van der Waals surface area contributed by atoms with Gasteiger partial charge in [0.15, 0.2) is 0 Å². The summed E-state index contributed by atoms with van der Waals surface area (Å²) < 4.78 is 15.8. The van der Waals surface area contributed by atoms with Gasteiger partial charge in [0.2, 0.25) is 0 Å². The number of carbonyl (C=O) groups excluding carboxylic acids is 1. The predicted molar refractivity (Wildman–Crippen MR) is 185 cm³/mol. The molecule has 0 unspecified atom stereocenters. The summed E-state index contributed by atoms with van der Waals surface area (Å²) in [4.78, 5) is 15.8. The molecule has 1 aliphatic carbocycles. The molecule has 48 heavy (non-hydrogen) atoms. The highest BCUT2D eigenvalue weighted by Gasteiger charge is 2.46. The fourth-order valence-electron chi connectivity index (χ4n) is 6.84. The number of fused-ring (bicyclic) bond motifs is 1. The first kappa shape index (κ1) is 31.8. The number of benzene rings is 3. The Hall–Kier alpha value is -4.76. The number of carbonyl (C=O) groups is 1. The van der Waals surface area contributed by atoms with Crippen LogP contribution in [-0.4, -0.2) is 54.4 Å². The standard InChI is InChI=1S/C39H44N6O3/c1-26(2)16-17-47-38(46)34-21-40-45(37(34)33-20-32(33)35-24-43(5)42-41-35)31-14-9-13-29(19-31)28-12-8-10-27(18-28)22-44-23-30-11-6-7-15-36(30)48-39(3,4)25-44/h6-15,18-19,21,24,26,32-33H,16-17,20,22-23,25H2,1-5H3/t32-,33-/m1/s1. The molecular weight excluding hydrogens is 600 g/mol. The van der Waals surface area contributed by atoms with E-state index in [0.29, 0.717) is 18.1 Å². The highest BCUT2D eigenvalue weighted by molar-refractivity contribution is 5.91. The van der Waals surface area contributed by atoms with Crippen molar-refractivity contribution in [3.05, 3.63) is 113 Å². The Bertz CT molecular complexity index is 1920. The Morgan fingerprint density at radius 1 is 1.02 bits per heavy atom. The molecule has 3 heterocycles. The fraction of sp³-hybridized carbons (Fsp3) is 0.385. The highest BCUT2D eigenvalue weighted by Crippen LogP contribution is 2.55. The van der Waals surface area contributed by atoms with Crippen molar-refractivity contribution in [2.75, 3.05) is 13.2 Å². The van der Waals surface area contributed by atoms with E-state index in [2.05, 4.69) is 104 Å². The molecule has 9 nitrogen and oxygen atoms in total. The molecule has 1 aliphatic heterocycles. The van der Waals surface area contributed by atoms with Crippen LogP contribution in [0, 0.1) is 5.92 Å². The maximum absolute atomic E-state index is 13.4. The monoisotopic (exact) mass is 644 g/mol. The van der Waals surface area contributed by atoms with E-state index < -0.39 is 0 Å². The Labute approximate surface area is 282 Å². The van der Waals surface area contributed by atoms with Crippen LogP contribution in [0.15, 0.2) is 85.2 Å². The van der Waals surface area contributed by atoms with Crippen molar-refractivity contribution in [2.45, 2.75) is 71.1 Å². The van der Waals surface area contributed by atoms with Crippen molar-refractivity contribution in [3.63, 3.8) is 0 Å². The minimum atomic E-state index is -0.324. The first-order valence-electron chi connectivity index (χ1n) is 16.9. The second-order valence-electron chi connectivity index (χ2n) is 14.3. The van der Waals surface area contributed by atoms with Gasteiger partial charge in [-0.25, -0.2) is 9.48 Å². The van der Waals surface area contributed by atoms with E-state index >= 15 is 0 Å². The van der Waals surface area contributed by atoms with Crippen LogP contribution in [0.25, 0.3) is 16.8 Å². The number of aryl methyl sites for hydroxylation is 1. The summed E-state index contributed by atoms with van der Waals surface area (Å²) in [5, 5.41) is 13.3. The molecular formula is C39H44N6O3. The summed E-state index contributed by atoms with van der Waals surface area (Å²) in [6, 6.07) is 25.5. The van der Waals surface area contributed by atoms with Gasteiger partial charge >= 0.3 is 5.97 Å². The third-order valence-electron chi connectivity index (χ3n) is 9.21. The molecule has 0 spiro atoms. The van der Waals surface area contributed by atoms with Gasteiger partial charge in [0.05, 0.1) is 29.9 Å². The maximum atomic E-state index is 13.4. The van der Waals surface area contributed by atoms with Gasteiger partial charge in [-0.2, -0.15) is 5.10 Å². The second kappa shape index (κ2) is 13.0. The molecule has 1 fully saturated rings. The summed E-state index contributed by atoms with van der Waals surface area (Å²) in [7, 11) is 1.87. The van der Waals surface area contributed by atoms with Gasteiger partial charge in [-0.3, -0.25) is 9.58 Å². The Morgan fingerprint density at radius 2 is 1.81 bits per heavy atom. The summed E-state index contributed by atoms with van der Waals surface area (Å²) in [5.74, 6) is 1.37. The molecule has 0 bridgehead atoms. The van der Waals surface area contributed by atoms with Crippen LogP contribution in [0.1, 0.15) is 85.2 Å². The van der Waals surface area contributed by atoms with Gasteiger partial charge in [0.1, 0.15) is 16.9 Å². The summed E-state index contributed by atoms with van der Waals surface area (Å²) in [6.45, 7) is 11.4. The van der Waals surface area contributed by atoms with E-state index in [9.17, 15) is 4.79 Å². The highest BCUT2D eigenvalue weighted by atomic mass is 16.5. The van der Waals surface area contributed by atoms with Crippen molar-refractivity contribution in [2.24, 2.45) is 13.0 Å². The summed E-state index contributed by atoms with van der Waals surface area (Å²) in [6.07, 6.45) is 5.31. The third-order valence-corrected chi connectivity index (χ3v) is 9.21. The average Bonchev–Trinajstić information content (AvgIpc) is 3.55. The zero-order valence-electron chi connectivity index (χ0n) is 28.5. The van der Waals surface area contributed by atoms with Crippen LogP contribution < -0.4 is 4.74 Å². The topological polar surface area (TPSA) is 87.3 Å². The Kier molecular flexibility index (Phi) is 8.64. The minimum Gasteiger partial charge on any atom is -0.486 e. The van der Waals surface area contributed by atoms with E-state index in [1.165, 1.54) is 11.1 Å². The number of hydrogen-bond acceptors (Lipinski definition) is 7. The Balaban J connectivity index is 1.16. The van der Waals surface area contributed by atoms with Crippen LogP contribution in [0.5, 0.6) is 5.75 Å². The third kappa shape index (κ3) is 6.92. The quantitative estimate of drug-likeness (QED) is 0.147. The number of hydrogen-bond donors (Lipinski definition) is 0. The van der Waals surface area contributed by atoms with Crippen LogP contribution in [0.3, 0.4) is 0 Å². The van der Waals surface area contributed by atoms with E-state index in [1.807, 2.05) is 30.1 Å². The first-order chi connectivity index (χ1) is 23.1. The lowest BCUT2D eigenvalue weighted by atomic mass is 10.0.